The van der Waals surface area contributed by atoms with Crippen LogP contribution < -0.4 is 10.2 Å². The van der Waals surface area contributed by atoms with Crippen molar-refractivity contribution < 1.29 is 4.74 Å². The Balaban J connectivity index is 2.14. The van der Waals surface area contributed by atoms with Crippen LogP contribution in [0.25, 0.3) is 0 Å². The molecule has 0 saturated carbocycles. The second-order valence-electron chi connectivity index (χ2n) is 4.56. The Morgan fingerprint density at radius 3 is 3.05 bits per heavy atom. The van der Waals surface area contributed by atoms with Crippen LogP contribution in [0.1, 0.15) is 26.7 Å². The molecule has 1 aromatic rings. The van der Waals surface area contributed by atoms with Crippen LogP contribution in [0.4, 0.5) is 11.6 Å². The summed E-state index contributed by atoms with van der Waals surface area (Å²) in [6.45, 7) is 7.63. The summed E-state index contributed by atoms with van der Waals surface area (Å²) < 4.78 is 6.68. The van der Waals surface area contributed by atoms with Gasteiger partial charge in [-0.25, -0.2) is 9.97 Å². The third kappa shape index (κ3) is 3.57. The Bertz CT molecular complexity index is 414. The van der Waals surface area contributed by atoms with Crippen LogP contribution in [0.3, 0.4) is 0 Å². The summed E-state index contributed by atoms with van der Waals surface area (Å²) in [5.74, 6) is 1.81. The Hall–Kier alpha value is -0.880. The highest BCUT2D eigenvalue weighted by atomic mass is 79.9. The molecule has 0 bridgehead atoms. The minimum atomic E-state index is 0.309. The van der Waals surface area contributed by atoms with E-state index in [4.69, 9.17) is 4.74 Å². The summed E-state index contributed by atoms with van der Waals surface area (Å²) >= 11 is 3.61. The third-order valence-electron chi connectivity index (χ3n) is 3.20. The molecule has 5 nitrogen and oxygen atoms in total. The molecule has 1 fully saturated rings. The normalized spacial score (nSPS) is 19.5. The molecule has 1 aromatic heterocycles. The Labute approximate surface area is 122 Å². The molecule has 0 aromatic carbocycles. The van der Waals surface area contributed by atoms with Gasteiger partial charge in [0.25, 0.3) is 0 Å². The van der Waals surface area contributed by atoms with Crippen molar-refractivity contribution in [1.82, 2.24) is 9.97 Å². The van der Waals surface area contributed by atoms with Crippen molar-refractivity contribution in [1.29, 1.82) is 0 Å². The highest BCUT2D eigenvalue weighted by molar-refractivity contribution is 9.10. The number of hydrogen-bond acceptors (Lipinski definition) is 5. The Kier molecular flexibility index (Phi) is 5.39. The lowest BCUT2D eigenvalue weighted by atomic mass is 10.1. The summed E-state index contributed by atoms with van der Waals surface area (Å²) in [6, 6.07) is 0. The van der Waals surface area contributed by atoms with Crippen LogP contribution in [-0.2, 0) is 4.74 Å². The molecule has 0 aliphatic carbocycles. The van der Waals surface area contributed by atoms with E-state index in [0.717, 1.165) is 55.2 Å². The lowest BCUT2D eigenvalue weighted by Crippen LogP contribution is -2.40. The number of hydrogen-bond donors (Lipinski definition) is 1. The van der Waals surface area contributed by atoms with Gasteiger partial charge in [-0.05, 0) is 42.6 Å². The van der Waals surface area contributed by atoms with Gasteiger partial charge >= 0.3 is 0 Å². The average Bonchev–Trinajstić information content (AvgIpc) is 2.42. The van der Waals surface area contributed by atoms with Crippen molar-refractivity contribution >= 4 is 27.6 Å². The quantitative estimate of drug-likeness (QED) is 0.900. The standard InChI is InChI=1S/C13H21BrN4O/c1-3-15-12-11(14)13(17-9-16-12)18-7-5-6-10(8-18)19-4-2/h9-10H,3-8H2,1-2H3,(H,15,16,17). The topological polar surface area (TPSA) is 50.3 Å². The molecule has 6 heteroatoms. The molecule has 1 N–H and O–H groups in total. The van der Waals surface area contributed by atoms with Crippen molar-refractivity contribution in [3.8, 4) is 0 Å². The number of ether oxygens (including phenoxy) is 1. The minimum Gasteiger partial charge on any atom is -0.377 e. The van der Waals surface area contributed by atoms with E-state index in [-0.39, 0.29) is 0 Å². The third-order valence-corrected chi connectivity index (χ3v) is 3.93. The summed E-state index contributed by atoms with van der Waals surface area (Å²) in [5.41, 5.74) is 0. The van der Waals surface area contributed by atoms with Gasteiger partial charge in [0.05, 0.1) is 6.10 Å². The van der Waals surface area contributed by atoms with Gasteiger partial charge in [-0.1, -0.05) is 0 Å². The molecule has 1 atom stereocenters. The Morgan fingerprint density at radius 2 is 2.32 bits per heavy atom. The highest BCUT2D eigenvalue weighted by Gasteiger charge is 2.23. The van der Waals surface area contributed by atoms with Gasteiger partial charge in [0.15, 0.2) is 0 Å². The molecule has 1 saturated heterocycles. The molecule has 1 unspecified atom stereocenters. The highest BCUT2D eigenvalue weighted by Crippen LogP contribution is 2.31. The van der Waals surface area contributed by atoms with Gasteiger partial charge in [-0.15, -0.1) is 0 Å². The van der Waals surface area contributed by atoms with Crippen LogP contribution in [0.5, 0.6) is 0 Å². The smallest absolute Gasteiger partial charge is 0.148 e. The zero-order chi connectivity index (χ0) is 13.7. The summed E-state index contributed by atoms with van der Waals surface area (Å²) in [6.07, 6.45) is 4.19. The summed E-state index contributed by atoms with van der Waals surface area (Å²) in [7, 11) is 0. The molecule has 0 amide bonds. The van der Waals surface area contributed by atoms with Crippen LogP contribution in [0.15, 0.2) is 10.8 Å². The Morgan fingerprint density at radius 1 is 1.47 bits per heavy atom. The van der Waals surface area contributed by atoms with Crippen molar-refractivity contribution in [3.63, 3.8) is 0 Å². The second-order valence-corrected chi connectivity index (χ2v) is 5.35. The van der Waals surface area contributed by atoms with Gasteiger partial charge in [0.1, 0.15) is 22.4 Å². The van der Waals surface area contributed by atoms with Gasteiger partial charge in [0, 0.05) is 26.2 Å². The number of nitrogens with zero attached hydrogens (tertiary/aromatic N) is 3. The first-order valence-electron chi connectivity index (χ1n) is 6.87. The van der Waals surface area contributed by atoms with E-state index < -0.39 is 0 Å². The second kappa shape index (κ2) is 7.05. The van der Waals surface area contributed by atoms with Crippen molar-refractivity contribution in [3.05, 3.63) is 10.8 Å². The maximum atomic E-state index is 5.74. The molecule has 2 rings (SSSR count). The maximum absolute atomic E-state index is 5.74. The van der Waals surface area contributed by atoms with Gasteiger partial charge in [-0.2, -0.15) is 0 Å². The monoisotopic (exact) mass is 328 g/mol. The van der Waals surface area contributed by atoms with Crippen LogP contribution in [0.2, 0.25) is 0 Å². The predicted octanol–water partition coefficient (Wildman–Crippen LogP) is 2.68. The first-order valence-corrected chi connectivity index (χ1v) is 7.66. The van der Waals surface area contributed by atoms with E-state index in [1.807, 2.05) is 6.92 Å². The molecule has 106 valence electrons. The first-order chi connectivity index (χ1) is 9.26. The largest absolute Gasteiger partial charge is 0.377 e. The zero-order valence-corrected chi connectivity index (χ0v) is 13.1. The molecule has 0 spiro atoms. The van der Waals surface area contributed by atoms with Gasteiger partial charge in [0.2, 0.25) is 0 Å². The number of piperidine rings is 1. The van der Waals surface area contributed by atoms with E-state index in [9.17, 15) is 0 Å². The first kappa shape index (κ1) is 14.5. The minimum absolute atomic E-state index is 0.309. The van der Waals surface area contributed by atoms with E-state index in [0.29, 0.717) is 6.10 Å². The van der Waals surface area contributed by atoms with Crippen molar-refractivity contribution in [2.45, 2.75) is 32.8 Å². The van der Waals surface area contributed by atoms with Crippen LogP contribution >= 0.6 is 15.9 Å². The van der Waals surface area contributed by atoms with E-state index in [1.54, 1.807) is 6.33 Å². The fourth-order valence-electron chi connectivity index (χ4n) is 2.37. The molecule has 1 aliphatic heterocycles. The molecular formula is C13H21BrN4O. The van der Waals surface area contributed by atoms with E-state index in [1.165, 1.54) is 0 Å². The fraction of sp³-hybridized carbons (Fsp3) is 0.692. The fourth-order valence-corrected chi connectivity index (χ4v) is 2.97. The van der Waals surface area contributed by atoms with Gasteiger partial charge in [-0.3, -0.25) is 0 Å². The predicted molar refractivity (Wildman–Crippen MR) is 80.8 cm³/mol. The number of aromatic nitrogens is 2. The number of rotatable bonds is 5. The molecule has 2 heterocycles. The maximum Gasteiger partial charge on any atom is 0.148 e. The van der Waals surface area contributed by atoms with E-state index in [2.05, 4.69) is 43.0 Å². The lowest BCUT2D eigenvalue weighted by molar-refractivity contribution is 0.0525. The van der Waals surface area contributed by atoms with Gasteiger partial charge < -0.3 is 15.0 Å². The van der Waals surface area contributed by atoms with Crippen LogP contribution in [-0.4, -0.2) is 42.3 Å². The summed E-state index contributed by atoms with van der Waals surface area (Å²) in [5, 5.41) is 3.24. The SMILES string of the molecule is CCNc1ncnc(N2CCCC(OCC)C2)c1Br. The molecular weight excluding hydrogens is 308 g/mol. The lowest BCUT2D eigenvalue weighted by Gasteiger charge is -2.33. The van der Waals surface area contributed by atoms with Crippen molar-refractivity contribution in [2.24, 2.45) is 0 Å². The van der Waals surface area contributed by atoms with Crippen molar-refractivity contribution in [2.75, 3.05) is 36.5 Å². The molecule has 19 heavy (non-hydrogen) atoms. The number of halogens is 1. The number of anilines is 2. The zero-order valence-electron chi connectivity index (χ0n) is 11.5. The molecule has 0 radical (unpaired) electrons. The number of nitrogens with one attached hydrogen (secondary N) is 1. The summed E-state index contributed by atoms with van der Waals surface area (Å²) in [4.78, 5) is 10.9. The average molecular weight is 329 g/mol. The molecule has 1 aliphatic rings. The van der Waals surface area contributed by atoms with Crippen LogP contribution in [0, 0.1) is 0 Å². The van der Waals surface area contributed by atoms with E-state index >= 15 is 0 Å².